The van der Waals surface area contributed by atoms with Crippen molar-refractivity contribution in [2.75, 3.05) is 11.8 Å². The second-order valence-electron chi connectivity index (χ2n) is 7.66. The number of aryl methyl sites for hydroxylation is 1. The van der Waals surface area contributed by atoms with Crippen molar-refractivity contribution in [1.82, 2.24) is 5.32 Å². The van der Waals surface area contributed by atoms with Crippen LogP contribution in [-0.2, 0) is 27.8 Å². The first kappa shape index (κ1) is 18.3. The normalized spacial score (nSPS) is 20.2. The topological polar surface area (TPSA) is 89.0 Å². The van der Waals surface area contributed by atoms with Gasteiger partial charge in [0.25, 0.3) is 6.02 Å². The fourth-order valence-electron chi connectivity index (χ4n) is 3.98. The molecule has 5 rings (SSSR count). The fourth-order valence-corrected chi connectivity index (χ4v) is 5.36. The van der Waals surface area contributed by atoms with E-state index in [0.29, 0.717) is 18.3 Å². The number of nitrogens with zero attached hydrogens (tertiary/aromatic N) is 1. The third kappa shape index (κ3) is 3.53. The minimum atomic E-state index is -3.28. The van der Waals surface area contributed by atoms with Gasteiger partial charge in [0.2, 0.25) is 10.0 Å². The van der Waals surface area contributed by atoms with Gasteiger partial charge in [0.05, 0.1) is 24.1 Å². The van der Waals surface area contributed by atoms with Crippen molar-refractivity contribution < 1.29 is 17.9 Å². The monoisotopic (exact) mass is 413 g/mol. The highest BCUT2D eigenvalue weighted by atomic mass is 32.2. The van der Waals surface area contributed by atoms with E-state index in [9.17, 15) is 8.42 Å². The number of hydrogen-bond acceptors (Lipinski definition) is 6. The Morgan fingerprint density at radius 1 is 1.14 bits per heavy atom. The number of benzene rings is 2. The third-order valence-corrected chi connectivity index (χ3v) is 7.48. The highest BCUT2D eigenvalue weighted by Crippen LogP contribution is 2.38. The van der Waals surface area contributed by atoms with Crippen LogP contribution in [0.3, 0.4) is 0 Å². The first-order valence-electron chi connectivity index (χ1n) is 9.82. The van der Waals surface area contributed by atoms with Gasteiger partial charge in [-0.2, -0.15) is 4.99 Å². The predicted molar refractivity (Wildman–Crippen MR) is 111 cm³/mol. The minimum absolute atomic E-state index is 0.0890. The molecule has 1 fully saturated rings. The van der Waals surface area contributed by atoms with Gasteiger partial charge >= 0.3 is 0 Å². The molecule has 1 unspecified atom stereocenters. The number of nitrogens with one attached hydrogen (secondary N) is 2. The first-order chi connectivity index (χ1) is 14.0. The maximum atomic E-state index is 12.1. The summed E-state index contributed by atoms with van der Waals surface area (Å²) < 4.78 is 38.3. The van der Waals surface area contributed by atoms with E-state index in [1.807, 2.05) is 18.2 Å². The van der Waals surface area contributed by atoms with Crippen LogP contribution in [0, 0.1) is 0 Å². The van der Waals surface area contributed by atoms with Crippen molar-refractivity contribution >= 4 is 27.4 Å². The molecule has 1 atom stereocenters. The SMILES string of the molecule is COc1cccc2c1C(NC1=Nc3ccc(NS(=O)(=O)C4CC4)cc3CO1)CC2. The minimum Gasteiger partial charge on any atom is -0.496 e. The quantitative estimate of drug-likeness (QED) is 0.784. The molecule has 1 heterocycles. The van der Waals surface area contributed by atoms with Crippen LogP contribution in [0.15, 0.2) is 41.4 Å². The molecule has 0 radical (unpaired) electrons. The summed E-state index contributed by atoms with van der Waals surface area (Å²) in [5.74, 6) is 0.877. The van der Waals surface area contributed by atoms with E-state index in [1.54, 1.807) is 19.2 Å². The lowest BCUT2D eigenvalue weighted by Crippen LogP contribution is -2.30. The Bertz CT molecular complexity index is 1090. The van der Waals surface area contributed by atoms with Crippen molar-refractivity contribution in [3.8, 4) is 5.75 Å². The van der Waals surface area contributed by atoms with Crippen molar-refractivity contribution in [3.63, 3.8) is 0 Å². The van der Waals surface area contributed by atoms with Crippen LogP contribution in [0.1, 0.15) is 42.0 Å². The lowest BCUT2D eigenvalue weighted by Gasteiger charge is -2.23. The molecule has 1 aliphatic heterocycles. The second kappa shape index (κ2) is 6.95. The Hall–Kier alpha value is -2.74. The molecular formula is C21H23N3O4S. The van der Waals surface area contributed by atoms with E-state index in [4.69, 9.17) is 9.47 Å². The smallest absolute Gasteiger partial charge is 0.290 e. The molecule has 0 bridgehead atoms. The summed E-state index contributed by atoms with van der Waals surface area (Å²) in [4.78, 5) is 4.59. The van der Waals surface area contributed by atoms with Gasteiger partial charge in [-0.05, 0) is 55.5 Å². The second-order valence-corrected chi connectivity index (χ2v) is 9.63. The molecule has 152 valence electrons. The summed E-state index contributed by atoms with van der Waals surface area (Å²) in [6.07, 6.45) is 3.40. The van der Waals surface area contributed by atoms with E-state index in [-0.39, 0.29) is 11.3 Å². The van der Waals surface area contributed by atoms with Crippen LogP contribution in [0.2, 0.25) is 0 Å². The molecular weight excluding hydrogens is 390 g/mol. The van der Waals surface area contributed by atoms with Gasteiger partial charge in [-0.3, -0.25) is 4.72 Å². The van der Waals surface area contributed by atoms with Crippen molar-refractivity contribution in [1.29, 1.82) is 0 Å². The molecule has 7 nitrogen and oxygen atoms in total. The third-order valence-electron chi connectivity index (χ3n) is 5.61. The predicted octanol–water partition coefficient (Wildman–Crippen LogP) is 3.39. The molecule has 0 aromatic heterocycles. The number of methoxy groups -OCH3 is 1. The number of aliphatic imine (C=N–C) groups is 1. The molecule has 1 saturated carbocycles. The number of amidine groups is 1. The van der Waals surface area contributed by atoms with Gasteiger partial charge in [0.1, 0.15) is 12.4 Å². The number of ether oxygens (including phenoxy) is 2. The highest BCUT2D eigenvalue weighted by molar-refractivity contribution is 7.93. The highest BCUT2D eigenvalue weighted by Gasteiger charge is 2.36. The van der Waals surface area contributed by atoms with Gasteiger partial charge < -0.3 is 14.8 Å². The van der Waals surface area contributed by atoms with Crippen molar-refractivity contribution in [2.24, 2.45) is 4.99 Å². The lowest BCUT2D eigenvalue weighted by molar-refractivity contribution is 0.265. The molecule has 8 heteroatoms. The van der Waals surface area contributed by atoms with Gasteiger partial charge in [-0.25, -0.2) is 8.42 Å². The number of fused-ring (bicyclic) bond motifs is 2. The lowest BCUT2D eigenvalue weighted by atomic mass is 10.1. The van der Waals surface area contributed by atoms with Crippen LogP contribution in [0.25, 0.3) is 0 Å². The van der Waals surface area contributed by atoms with Gasteiger partial charge in [0.15, 0.2) is 0 Å². The number of anilines is 1. The summed E-state index contributed by atoms with van der Waals surface area (Å²) in [6, 6.07) is 12.1. The summed E-state index contributed by atoms with van der Waals surface area (Å²) in [7, 11) is -1.59. The number of sulfonamides is 1. The van der Waals surface area contributed by atoms with Crippen molar-refractivity contribution in [2.45, 2.75) is 43.6 Å². The molecule has 29 heavy (non-hydrogen) atoms. The van der Waals surface area contributed by atoms with E-state index >= 15 is 0 Å². The van der Waals surface area contributed by atoms with Crippen LogP contribution < -0.4 is 14.8 Å². The average molecular weight is 413 g/mol. The molecule has 0 spiro atoms. The zero-order chi connectivity index (χ0) is 20.0. The summed E-state index contributed by atoms with van der Waals surface area (Å²) in [6.45, 7) is 0.339. The van der Waals surface area contributed by atoms with Crippen molar-refractivity contribution in [3.05, 3.63) is 53.1 Å². The Morgan fingerprint density at radius 3 is 2.79 bits per heavy atom. The van der Waals surface area contributed by atoms with Crippen LogP contribution >= 0.6 is 0 Å². The zero-order valence-electron chi connectivity index (χ0n) is 16.1. The standard InChI is InChI=1S/C21H23N3O4S/c1-27-19-4-2-3-13-5-9-18(20(13)19)23-21-22-17-10-6-15(11-14(17)12-28-21)24-29(25,26)16-7-8-16/h2-4,6,10-11,16,18,24H,5,7-9,12H2,1H3,(H,22,23). The maximum Gasteiger partial charge on any atom is 0.290 e. The number of hydrogen-bond donors (Lipinski definition) is 2. The molecule has 2 aromatic rings. The number of rotatable bonds is 5. The molecule has 0 amide bonds. The van der Waals surface area contributed by atoms with E-state index in [0.717, 1.165) is 48.2 Å². The van der Waals surface area contributed by atoms with E-state index < -0.39 is 10.0 Å². The average Bonchev–Trinajstić information content (AvgIpc) is 3.51. The largest absolute Gasteiger partial charge is 0.496 e. The zero-order valence-corrected chi connectivity index (χ0v) is 17.0. The summed E-state index contributed by atoms with van der Waals surface area (Å²) in [5, 5.41) is 3.15. The molecule has 3 aliphatic rings. The molecule has 2 aromatic carbocycles. The molecule has 2 aliphatic carbocycles. The Morgan fingerprint density at radius 2 is 2.00 bits per heavy atom. The summed E-state index contributed by atoms with van der Waals surface area (Å²) >= 11 is 0. The Labute approximate surface area is 170 Å². The molecule has 0 saturated heterocycles. The van der Waals surface area contributed by atoms with Crippen LogP contribution in [0.4, 0.5) is 11.4 Å². The van der Waals surface area contributed by atoms with Crippen LogP contribution in [-0.4, -0.2) is 26.8 Å². The van der Waals surface area contributed by atoms with Crippen LogP contribution in [0.5, 0.6) is 5.75 Å². The van der Waals surface area contributed by atoms with Gasteiger partial charge in [-0.15, -0.1) is 0 Å². The Balaban J connectivity index is 1.34. The molecule has 2 N–H and O–H groups in total. The first-order valence-corrected chi connectivity index (χ1v) is 11.4. The maximum absolute atomic E-state index is 12.1. The van der Waals surface area contributed by atoms with Gasteiger partial charge in [0, 0.05) is 16.8 Å². The fraction of sp³-hybridized carbons (Fsp3) is 0.381. The van der Waals surface area contributed by atoms with Gasteiger partial charge in [-0.1, -0.05) is 12.1 Å². The Kier molecular flexibility index (Phi) is 4.38. The summed E-state index contributed by atoms with van der Waals surface area (Å²) in [5.41, 5.74) is 4.64. The van der Waals surface area contributed by atoms with E-state index in [1.165, 1.54) is 5.56 Å². The van der Waals surface area contributed by atoms with E-state index in [2.05, 4.69) is 21.1 Å².